The van der Waals surface area contributed by atoms with Crippen molar-refractivity contribution in [2.45, 2.75) is 44.4 Å². The van der Waals surface area contributed by atoms with Crippen molar-refractivity contribution in [3.8, 4) is 23.0 Å². The summed E-state index contributed by atoms with van der Waals surface area (Å²) in [4.78, 5) is 47.9. The van der Waals surface area contributed by atoms with Gasteiger partial charge in [-0.1, -0.05) is 12.1 Å². The molecule has 54 heavy (non-hydrogen) atoms. The largest absolute Gasteiger partial charge is 0.514 e. The zero-order chi connectivity index (χ0) is 38.1. The molecule has 1 N–H and O–H groups in total. The van der Waals surface area contributed by atoms with E-state index in [4.69, 9.17) is 33.2 Å². The van der Waals surface area contributed by atoms with Crippen LogP contribution in [0, 0.1) is 17.8 Å². The Morgan fingerprint density at radius 3 is 2.39 bits per heavy atom. The Morgan fingerprint density at radius 2 is 1.69 bits per heavy atom. The van der Waals surface area contributed by atoms with E-state index >= 15 is 0 Å². The fourth-order valence-electron chi connectivity index (χ4n) is 8.55. The maximum absolute atomic E-state index is 13.7. The predicted molar refractivity (Wildman–Crippen MR) is 200 cm³/mol. The first-order chi connectivity index (χ1) is 26.1. The number of nitrogens with one attached hydrogen (secondary N) is 1. The first-order valence-electron chi connectivity index (χ1n) is 18.2. The minimum Gasteiger partial charge on any atom is -0.497 e. The van der Waals surface area contributed by atoms with Gasteiger partial charge in [0.1, 0.15) is 18.5 Å². The molecule has 5 atom stereocenters. The summed E-state index contributed by atoms with van der Waals surface area (Å²) in [5.41, 5.74) is 5.48. The van der Waals surface area contributed by atoms with Crippen LogP contribution in [0.25, 0.3) is 10.9 Å². The van der Waals surface area contributed by atoms with Crippen molar-refractivity contribution < 1.29 is 47.5 Å². The van der Waals surface area contributed by atoms with Gasteiger partial charge in [0.15, 0.2) is 11.5 Å². The molecule has 3 aromatic carbocycles. The molecule has 0 bridgehead atoms. The minimum absolute atomic E-state index is 0.0104. The van der Waals surface area contributed by atoms with E-state index in [1.165, 1.54) is 50.1 Å². The number of hydrogen-bond acceptors (Lipinski definition) is 12. The number of anilines is 1. The van der Waals surface area contributed by atoms with Crippen molar-refractivity contribution in [3.05, 3.63) is 77.0 Å². The number of piperidine rings is 1. The molecule has 3 aliphatic rings. The van der Waals surface area contributed by atoms with Gasteiger partial charge in [-0.3, -0.25) is 9.69 Å². The average molecular weight is 742 g/mol. The second-order valence-corrected chi connectivity index (χ2v) is 14.4. The van der Waals surface area contributed by atoms with E-state index < -0.39 is 24.1 Å². The van der Waals surface area contributed by atoms with E-state index in [9.17, 15) is 14.4 Å². The monoisotopic (exact) mass is 741 g/mol. The molecule has 4 aromatic rings. The number of nitrogens with zero attached hydrogens (tertiary/aromatic N) is 2. The number of carbonyl (C=O) groups excluding carboxylic acids is 3. The van der Waals surface area contributed by atoms with Crippen LogP contribution in [-0.4, -0.2) is 89.7 Å². The molecule has 3 heterocycles. The lowest BCUT2D eigenvalue weighted by Crippen LogP contribution is -2.52. The topological polar surface area (TPSA) is 138 Å². The SMILES string of the molecule is COC(=O)C1CC(OC(=O)c2cc(OC)c(OC(=O)OCc3cccc(N(C)C)c3)c(OC)c2)C[C@@H]2CN3CCc4c([nH]c5cc(OC)ccc45)C3C[C@H]12. The van der Waals surface area contributed by atoms with E-state index in [0.29, 0.717) is 12.8 Å². The number of fused-ring (bicyclic) bond motifs is 6. The highest BCUT2D eigenvalue weighted by atomic mass is 16.7. The molecule has 7 rings (SSSR count). The van der Waals surface area contributed by atoms with Crippen LogP contribution in [0.5, 0.6) is 23.0 Å². The summed E-state index contributed by atoms with van der Waals surface area (Å²) >= 11 is 0. The Hall–Kier alpha value is -5.43. The number of carbonyl (C=O) groups is 3. The number of esters is 2. The van der Waals surface area contributed by atoms with Gasteiger partial charge in [0.05, 0.1) is 46.0 Å². The molecule has 286 valence electrons. The number of benzene rings is 3. The van der Waals surface area contributed by atoms with E-state index in [-0.39, 0.29) is 53.3 Å². The Labute approximate surface area is 314 Å². The number of H-pyrrole nitrogens is 1. The van der Waals surface area contributed by atoms with Crippen LogP contribution in [0.2, 0.25) is 0 Å². The summed E-state index contributed by atoms with van der Waals surface area (Å²) in [6.45, 7) is 1.67. The Balaban J connectivity index is 1.05. The van der Waals surface area contributed by atoms with Crippen molar-refractivity contribution in [1.82, 2.24) is 9.88 Å². The second kappa shape index (κ2) is 15.5. The molecular weight excluding hydrogens is 694 g/mol. The zero-order valence-electron chi connectivity index (χ0n) is 31.5. The van der Waals surface area contributed by atoms with Crippen molar-refractivity contribution in [2.24, 2.45) is 17.8 Å². The summed E-state index contributed by atoms with van der Waals surface area (Å²) in [7, 11) is 9.71. The highest BCUT2D eigenvalue weighted by molar-refractivity contribution is 5.91. The summed E-state index contributed by atoms with van der Waals surface area (Å²) in [5, 5.41) is 1.21. The number of ether oxygens (including phenoxy) is 7. The van der Waals surface area contributed by atoms with Crippen LogP contribution in [0.1, 0.15) is 52.5 Å². The number of methoxy groups -OCH3 is 4. The van der Waals surface area contributed by atoms with E-state index in [0.717, 1.165) is 48.4 Å². The molecule has 13 heteroatoms. The maximum atomic E-state index is 13.7. The Morgan fingerprint density at radius 1 is 0.907 bits per heavy atom. The van der Waals surface area contributed by atoms with Crippen molar-refractivity contribution in [1.29, 1.82) is 0 Å². The van der Waals surface area contributed by atoms with Gasteiger partial charge in [-0.15, -0.1) is 0 Å². The van der Waals surface area contributed by atoms with Crippen molar-refractivity contribution in [3.63, 3.8) is 0 Å². The summed E-state index contributed by atoms with van der Waals surface area (Å²) in [6.07, 6.45) is 1.19. The Kier molecular flexibility index (Phi) is 10.6. The van der Waals surface area contributed by atoms with E-state index in [2.05, 4.69) is 16.0 Å². The van der Waals surface area contributed by atoms with Gasteiger partial charge >= 0.3 is 18.1 Å². The minimum atomic E-state index is -0.966. The predicted octanol–water partition coefficient (Wildman–Crippen LogP) is 6.32. The van der Waals surface area contributed by atoms with Crippen LogP contribution in [-0.2, 0) is 32.0 Å². The molecule has 3 unspecified atom stereocenters. The number of rotatable bonds is 10. The molecule has 0 radical (unpaired) electrons. The number of aromatic amines is 1. The Bertz CT molecular complexity index is 2020. The molecule has 1 saturated heterocycles. The van der Waals surface area contributed by atoms with Gasteiger partial charge in [-0.2, -0.15) is 0 Å². The molecule has 13 nitrogen and oxygen atoms in total. The molecular formula is C41H47N3O10. The lowest BCUT2D eigenvalue weighted by molar-refractivity contribution is -0.155. The van der Waals surface area contributed by atoms with Gasteiger partial charge in [-0.25, -0.2) is 9.59 Å². The number of hydrogen-bond donors (Lipinski definition) is 1. The zero-order valence-corrected chi connectivity index (χ0v) is 31.5. The molecule has 2 aliphatic heterocycles. The second-order valence-electron chi connectivity index (χ2n) is 14.4. The van der Waals surface area contributed by atoms with Gasteiger partial charge in [-0.05, 0) is 85.0 Å². The standard InChI is InChI=1S/C41H47N3O10/c1-43(2)26-9-7-8-23(14-26)22-52-41(47)54-38-35(49-4)16-24(17-36(38)50-5)39(45)53-28-15-25-21-44-13-12-30-29-11-10-27(48-3)19-33(29)42-37(30)34(44)20-31(25)32(18-28)40(46)51-6/h7-11,14,16-17,19,25,28,31-32,34,42H,12-13,15,18,20-22H2,1-6H3/t25-,28?,31+,32?,34?/m1/s1. The smallest absolute Gasteiger partial charge is 0.497 e. The van der Waals surface area contributed by atoms with E-state index in [1.54, 1.807) is 7.11 Å². The highest BCUT2D eigenvalue weighted by Crippen LogP contribution is 2.50. The van der Waals surface area contributed by atoms with Gasteiger partial charge in [0.25, 0.3) is 0 Å². The molecule has 0 spiro atoms. The third kappa shape index (κ3) is 7.24. The maximum Gasteiger partial charge on any atom is 0.514 e. The lowest BCUT2D eigenvalue weighted by atomic mass is 9.65. The van der Waals surface area contributed by atoms with Crippen LogP contribution in [0.4, 0.5) is 10.5 Å². The fraction of sp³-hybridized carbons (Fsp3) is 0.439. The van der Waals surface area contributed by atoms with Crippen LogP contribution >= 0.6 is 0 Å². The van der Waals surface area contributed by atoms with Crippen molar-refractivity contribution in [2.75, 3.05) is 60.5 Å². The summed E-state index contributed by atoms with van der Waals surface area (Å²) in [5.74, 6) is -0.209. The third-order valence-corrected chi connectivity index (χ3v) is 11.2. The van der Waals surface area contributed by atoms with Crippen LogP contribution in [0.15, 0.2) is 54.6 Å². The molecule has 2 fully saturated rings. The number of aromatic nitrogens is 1. The molecule has 1 aromatic heterocycles. The highest BCUT2D eigenvalue weighted by Gasteiger charge is 2.49. The molecule has 0 amide bonds. The summed E-state index contributed by atoms with van der Waals surface area (Å²) < 4.78 is 38.8. The van der Waals surface area contributed by atoms with Crippen molar-refractivity contribution >= 4 is 34.7 Å². The first-order valence-corrected chi connectivity index (χ1v) is 18.2. The summed E-state index contributed by atoms with van der Waals surface area (Å²) in [6, 6.07) is 16.7. The quantitative estimate of drug-likeness (QED) is 0.111. The molecule has 1 aliphatic carbocycles. The normalized spacial score (nSPS) is 21.9. The van der Waals surface area contributed by atoms with Gasteiger partial charge < -0.3 is 43.0 Å². The van der Waals surface area contributed by atoms with Gasteiger partial charge in [0, 0.05) is 55.5 Å². The first kappa shape index (κ1) is 36.9. The third-order valence-electron chi connectivity index (χ3n) is 11.2. The average Bonchev–Trinajstić information content (AvgIpc) is 3.57. The van der Waals surface area contributed by atoms with Gasteiger partial charge in [0.2, 0.25) is 5.75 Å². The van der Waals surface area contributed by atoms with Crippen LogP contribution in [0.3, 0.4) is 0 Å². The van der Waals surface area contributed by atoms with E-state index in [1.807, 2.05) is 55.4 Å². The van der Waals surface area contributed by atoms with Crippen LogP contribution < -0.4 is 23.8 Å². The lowest BCUT2D eigenvalue weighted by Gasteiger charge is -2.51. The molecule has 1 saturated carbocycles. The fourth-order valence-corrected chi connectivity index (χ4v) is 8.55.